The first kappa shape index (κ1) is 21.1. The van der Waals surface area contributed by atoms with E-state index in [0.717, 1.165) is 11.3 Å². The van der Waals surface area contributed by atoms with Gasteiger partial charge in [0.05, 0.1) is 42.3 Å². The number of aliphatic carboxylic acids is 1. The zero-order valence-corrected chi connectivity index (χ0v) is 16.6. The largest absolute Gasteiger partial charge is 0.481 e. The first-order valence-corrected chi connectivity index (χ1v) is 8.96. The average molecular weight is 408 g/mol. The van der Waals surface area contributed by atoms with Crippen LogP contribution in [0.3, 0.4) is 0 Å². The minimum atomic E-state index is -0.976. The Hall–Kier alpha value is -3.21. The van der Waals surface area contributed by atoms with E-state index in [-0.39, 0.29) is 35.0 Å². The van der Waals surface area contributed by atoms with Gasteiger partial charge in [0.25, 0.3) is 11.8 Å². The Bertz CT molecular complexity index is 930. The number of carboxylic acids is 1. The number of thiophene rings is 1. The number of amides is 2. The van der Waals surface area contributed by atoms with E-state index in [1.165, 1.54) is 29.1 Å². The molecule has 28 heavy (non-hydrogen) atoms. The molecule has 10 nitrogen and oxygen atoms in total. The SMILES string of the molecule is COC(=O)c1c(NC(=O)c2cnn(CCC(=O)O)c2)sc(C(=O)N(C)C)c1C. The molecule has 0 atom stereocenters. The van der Waals surface area contributed by atoms with E-state index < -0.39 is 17.8 Å². The van der Waals surface area contributed by atoms with Crippen LogP contribution in [-0.2, 0) is 16.1 Å². The molecule has 0 aliphatic rings. The molecule has 0 aromatic carbocycles. The van der Waals surface area contributed by atoms with Crippen LogP contribution in [0.25, 0.3) is 0 Å². The minimum absolute atomic E-state index is 0.115. The number of carboxylic acid groups (broad SMARTS) is 1. The Morgan fingerprint density at radius 3 is 2.57 bits per heavy atom. The van der Waals surface area contributed by atoms with Gasteiger partial charge in [-0.1, -0.05) is 0 Å². The van der Waals surface area contributed by atoms with Gasteiger partial charge in [-0.3, -0.25) is 19.1 Å². The van der Waals surface area contributed by atoms with Gasteiger partial charge in [0.15, 0.2) is 0 Å². The summed E-state index contributed by atoms with van der Waals surface area (Å²) < 4.78 is 6.11. The molecular weight excluding hydrogens is 388 g/mol. The van der Waals surface area contributed by atoms with E-state index in [0.29, 0.717) is 10.4 Å². The number of methoxy groups -OCH3 is 1. The third-order valence-corrected chi connectivity index (χ3v) is 5.01. The lowest BCUT2D eigenvalue weighted by Crippen LogP contribution is -2.21. The number of rotatable bonds is 7. The summed E-state index contributed by atoms with van der Waals surface area (Å²) >= 11 is 0.981. The predicted octanol–water partition coefficient (Wildman–Crippen LogP) is 1.47. The zero-order valence-electron chi connectivity index (χ0n) is 15.8. The molecule has 0 saturated carbocycles. The Labute approximate surface area is 164 Å². The number of hydrogen-bond donors (Lipinski definition) is 2. The third kappa shape index (κ3) is 4.55. The van der Waals surface area contributed by atoms with Crippen molar-refractivity contribution in [2.75, 3.05) is 26.5 Å². The summed E-state index contributed by atoms with van der Waals surface area (Å²) in [7, 11) is 4.39. The fourth-order valence-electron chi connectivity index (χ4n) is 2.35. The van der Waals surface area contributed by atoms with Crippen molar-refractivity contribution in [1.29, 1.82) is 0 Å². The van der Waals surface area contributed by atoms with Gasteiger partial charge in [0.1, 0.15) is 5.00 Å². The van der Waals surface area contributed by atoms with Crippen LogP contribution in [0.4, 0.5) is 5.00 Å². The smallest absolute Gasteiger partial charge is 0.341 e. The Balaban J connectivity index is 2.30. The molecule has 0 fully saturated rings. The summed E-state index contributed by atoms with van der Waals surface area (Å²) in [6.45, 7) is 1.73. The number of aryl methyl sites for hydroxylation is 1. The van der Waals surface area contributed by atoms with Crippen molar-refractivity contribution in [2.24, 2.45) is 0 Å². The minimum Gasteiger partial charge on any atom is -0.481 e. The first-order valence-electron chi connectivity index (χ1n) is 8.14. The van der Waals surface area contributed by atoms with Crippen LogP contribution in [0.15, 0.2) is 12.4 Å². The molecule has 11 heteroatoms. The monoisotopic (exact) mass is 408 g/mol. The summed E-state index contributed by atoms with van der Waals surface area (Å²) in [4.78, 5) is 49.4. The summed E-state index contributed by atoms with van der Waals surface area (Å²) in [6, 6.07) is 0. The van der Waals surface area contributed by atoms with Crippen LogP contribution in [0, 0.1) is 6.92 Å². The van der Waals surface area contributed by atoms with Gasteiger partial charge in [-0.2, -0.15) is 5.10 Å². The van der Waals surface area contributed by atoms with E-state index in [2.05, 4.69) is 10.4 Å². The molecule has 2 aromatic heterocycles. The van der Waals surface area contributed by atoms with Gasteiger partial charge in [0.2, 0.25) is 0 Å². The molecule has 0 saturated heterocycles. The lowest BCUT2D eigenvalue weighted by atomic mass is 10.1. The van der Waals surface area contributed by atoms with Gasteiger partial charge >= 0.3 is 11.9 Å². The van der Waals surface area contributed by atoms with Crippen molar-refractivity contribution in [3.8, 4) is 0 Å². The number of esters is 1. The van der Waals surface area contributed by atoms with Crippen LogP contribution in [0.2, 0.25) is 0 Å². The van der Waals surface area contributed by atoms with Crippen LogP contribution >= 0.6 is 11.3 Å². The lowest BCUT2D eigenvalue weighted by molar-refractivity contribution is -0.137. The summed E-state index contributed by atoms with van der Waals surface area (Å²) in [5, 5.41) is 15.5. The van der Waals surface area contributed by atoms with E-state index in [1.54, 1.807) is 21.0 Å². The number of carbonyl (C=O) groups excluding carboxylic acids is 3. The second kappa shape index (κ2) is 8.65. The van der Waals surface area contributed by atoms with Gasteiger partial charge < -0.3 is 20.1 Å². The maximum absolute atomic E-state index is 12.5. The molecular formula is C17H20N4O6S. The second-order valence-corrected chi connectivity index (χ2v) is 7.06. The van der Waals surface area contributed by atoms with Crippen molar-refractivity contribution in [3.63, 3.8) is 0 Å². The van der Waals surface area contributed by atoms with Gasteiger partial charge in [-0.25, -0.2) is 4.79 Å². The van der Waals surface area contributed by atoms with E-state index in [4.69, 9.17) is 9.84 Å². The highest BCUT2D eigenvalue weighted by molar-refractivity contribution is 7.18. The van der Waals surface area contributed by atoms with Gasteiger partial charge in [0, 0.05) is 20.3 Å². The topological polar surface area (TPSA) is 131 Å². The molecule has 2 aromatic rings. The molecule has 150 valence electrons. The summed E-state index contributed by atoms with van der Waals surface area (Å²) in [5.74, 6) is -2.48. The molecule has 2 N–H and O–H groups in total. The fourth-order valence-corrected chi connectivity index (χ4v) is 3.56. The summed E-state index contributed by atoms with van der Waals surface area (Å²) in [5.41, 5.74) is 0.722. The molecule has 0 radical (unpaired) electrons. The first-order chi connectivity index (χ1) is 13.1. The van der Waals surface area contributed by atoms with E-state index in [1.807, 2.05) is 0 Å². The second-order valence-electron chi connectivity index (χ2n) is 6.04. The Kier molecular flexibility index (Phi) is 6.52. The molecule has 0 unspecified atom stereocenters. The van der Waals surface area contributed by atoms with Crippen molar-refractivity contribution in [2.45, 2.75) is 19.9 Å². The number of anilines is 1. The highest BCUT2D eigenvalue weighted by Crippen LogP contribution is 2.34. The normalized spacial score (nSPS) is 10.4. The maximum Gasteiger partial charge on any atom is 0.341 e. The number of hydrogen-bond acceptors (Lipinski definition) is 7. The van der Waals surface area contributed by atoms with Crippen molar-refractivity contribution < 1.29 is 29.0 Å². The lowest BCUT2D eigenvalue weighted by Gasteiger charge is -2.08. The molecule has 2 rings (SSSR count). The average Bonchev–Trinajstić information content (AvgIpc) is 3.23. The van der Waals surface area contributed by atoms with Crippen LogP contribution in [0.1, 0.15) is 42.4 Å². The predicted molar refractivity (Wildman–Crippen MR) is 101 cm³/mol. The molecule has 0 bridgehead atoms. The van der Waals surface area contributed by atoms with Gasteiger partial charge in [-0.05, 0) is 12.5 Å². The molecule has 0 aliphatic heterocycles. The van der Waals surface area contributed by atoms with Gasteiger partial charge in [-0.15, -0.1) is 11.3 Å². The number of nitrogens with one attached hydrogen (secondary N) is 1. The van der Waals surface area contributed by atoms with Crippen LogP contribution in [-0.4, -0.2) is 64.7 Å². The zero-order chi connectivity index (χ0) is 21.0. The standard InChI is InChI=1S/C17H20N4O6S/c1-9-12(17(26)27-4)15(28-13(9)16(25)20(2)3)19-14(24)10-7-18-21(8-10)6-5-11(22)23/h7-8H,5-6H2,1-4H3,(H,19,24)(H,22,23). The van der Waals surface area contributed by atoms with Crippen molar-refractivity contribution in [1.82, 2.24) is 14.7 Å². The third-order valence-electron chi connectivity index (χ3n) is 3.81. The number of carbonyl (C=O) groups is 4. The maximum atomic E-state index is 12.5. The quantitative estimate of drug-likeness (QED) is 0.663. The number of nitrogens with zero attached hydrogens (tertiary/aromatic N) is 3. The number of aromatic nitrogens is 2. The molecule has 0 aliphatic carbocycles. The fraction of sp³-hybridized carbons (Fsp3) is 0.353. The van der Waals surface area contributed by atoms with Crippen LogP contribution < -0.4 is 5.32 Å². The molecule has 2 amide bonds. The molecule has 2 heterocycles. The van der Waals surface area contributed by atoms with Crippen molar-refractivity contribution in [3.05, 3.63) is 34.0 Å². The Morgan fingerprint density at radius 1 is 1.32 bits per heavy atom. The summed E-state index contributed by atoms with van der Waals surface area (Å²) in [6.07, 6.45) is 2.57. The number of ether oxygens (including phenoxy) is 1. The highest BCUT2D eigenvalue weighted by Gasteiger charge is 2.27. The Morgan fingerprint density at radius 2 is 2.00 bits per heavy atom. The molecule has 0 spiro atoms. The van der Waals surface area contributed by atoms with E-state index >= 15 is 0 Å². The highest BCUT2D eigenvalue weighted by atomic mass is 32.1. The van der Waals surface area contributed by atoms with E-state index in [9.17, 15) is 19.2 Å². The van der Waals surface area contributed by atoms with Crippen molar-refractivity contribution >= 4 is 40.1 Å². The van der Waals surface area contributed by atoms with Crippen LogP contribution in [0.5, 0.6) is 0 Å².